The fraction of sp³-hybridized carbons (Fsp3) is 0.496. The number of benzene rings is 7. The van der Waals surface area contributed by atoms with E-state index in [1.807, 2.05) is 86.3 Å². The summed E-state index contributed by atoms with van der Waals surface area (Å²) in [7, 11) is 0. The second-order valence-corrected chi connectivity index (χ2v) is 43.3. The maximum atomic E-state index is 8.84. The average Bonchev–Trinajstić information content (AvgIpc) is 1.57. The smallest absolute Gasteiger partial charge is 0.112 e. The van der Waals surface area contributed by atoms with Crippen LogP contribution < -0.4 is 24.5 Å². The maximum Gasteiger partial charge on any atom is 0.112 e. The van der Waals surface area contributed by atoms with Crippen LogP contribution in [0.4, 0.5) is 28.4 Å². The van der Waals surface area contributed by atoms with Crippen molar-refractivity contribution >= 4 is 28.4 Å². The largest absolute Gasteiger partial charge is 0.343 e. The van der Waals surface area contributed by atoms with Gasteiger partial charge in [0.1, 0.15) is 36.4 Å². The third kappa shape index (κ3) is 16.6. The highest BCUT2D eigenvalue weighted by molar-refractivity contribution is 5.70. The first kappa shape index (κ1) is 87.0. The van der Waals surface area contributed by atoms with Gasteiger partial charge < -0.3 is 49.0 Å². The first-order valence-corrected chi connectivity index (χ1v) is 52.4. The topological polar surface area (TPSA) is 32.4 Å². The van der Waals surface area contributed by atoms with Crippen molar-refractivity contribution in [2.45, 2.75) is 356 Å². The predicted molar refractivity (Wildman–Crippen MR) is 560 cm³/mol. The van der Waals surface area contributed by atoms with Crippen LogP contribution >= 0.6 is 0 Å². The molecule has 0 bridgehead atoms. The van der Waals surface area contributed by atoms with Gasteiger partial charge in [-0.15, -0.1) is 0 Å². The van der Waals surface area contributed by atoms with Gasteiger partial charge >= 0.3 is 0 Å². The molecule has 0 radical (unpaired) electrons. The van der Waals surface area contributed by atoms with Crippen LogP contribution in [0.1, 0.15) is 307 Å². The molecule has 8 unspecified atom stereocenters. The molecule has 10 heterocycles. The molecule has 6 saturated carbocycles. The fourth-order valence-electron chi connectivity index (χ4n) is 27.9. The van der Waals surface area contributed by atoms with Gasteiger partial charge in [-0.3, -0.25) is 0 Å². The van der Waals surface area contributed by atoms with Crippen LogP contribution in [0, 0.1) is 70.1 Å². The molecular formula is C123H158N10. The van der Waals surface area contributed by atoms with Gasteiger partial charge in [-0.05, 0) is 329 Å². The van der Waals surface area contributed by atoms with Gasteiger partial charge in [-0.1, -0.05) is 285 Å². The van der Waals surface area contributed by atoms with Crippen LogP contribution in [0.5, 0.6) is 0 Å². The average molecular weight is 1780 g/mol. The van der Waals surface area contributed by atoms with Gasteiger partial charge in [0.2, 0.25) is 0 Å². The van der Waals surface area contributed by atoms with Gasteiger partial charge in [0.25, 0.3) is 0 Å². The van der Waals surface area contributed by atoms with Crippen LogP contribution in [-0.2, 0) is 5.54 Å². The summed E-state index contributed by atoms with van der Waals surface area (Å²) in [6.07, 6.45) is 64.2. The maximum absolute atomic E-state index is 8.84. The van der Waals surface area contributed by atoms with Crippen LogP contribution in [0.15, 0.2) is 300 Å². The normalized spacial score (nSPS) is 28.4. The Bertz CT molecular complexity index is 5660. The summed E-state index contributed by atoms with van der Waals surface area (Å²) in [6, 6.07) is 63.4. The molecule has 6 fully saturated rings. The number of anilines is 5. The summed E-state index contributed by atoms with van der Waals surface area (Å²) in [4.78, 5) is 25.6. The van der Waals surface area contributed by atoms with Crippen LogP contribution in [-0.4, -0.2) is 78.0 Å². The summed E-state index contributed by atoms with van der Waals surface area (Å²) in [5, 5.41) is 0. The number of hydrogen-bond acceptors (Lipinski definition) is 10. The van der Waals surface area contributed by atoms with Crippen molar-refractivity contribution in [3.05, 3.63) is 339 Å². The Kier molecular flexibility index (Phi) is 25.3. The minimum absolute atomic E-state index is 0.107. The molecule has 0 N–H and O–H groups in total. The minimum atomic E-state index is -2.24. The zero-order valence-electron chi connectivity index (χ0n) is 87.4. The van der Waals surface area contributed by atoms with Crippen LogP contribution in [0.3, 0.4) is 0 Å². The van der Waals surface area contributed by atoms with Gasteiger partial charge in [-0.25, -0.2) is 0 Å². The van der Waals surface area contributed by atoms with Crippen molar-refractivity contribution in [1.29, 1.82) is 0 Å². The number of para-hydroxylation sites is 5. The lowest BCUT2D eigenvalue weighted by Gasteiger charge is -2.50. The molecular weight excluding hydrogens is 1620 g/mol. The number of fused-ring (bicyclic) bond motifs is 5. The number of aryl methyl sites for hydroxylation is 5. The van der Waals surface area contributed by atoms with Gasteiger partial charge in [-0.2, -0.15) is 0 Å². The molecule has 700 valence electrons. The molecule has 0 amide bonds. The molecule has 23 rings (SSSR count). The Hall–Kier alpha value is -10.1. The van der Waals surface area contributed by atoms with Crippen molar-refractivity contribution in [3.63, 3.8) is 0 Å². The van der Waals surface area contributed by atoms with E-state index >= 15 is 0 Å². The Morgan fingerprint density at radius 1 is 0.278 bits per heavy atom. The Morgan fingerprint density at radius 2 is 0.556 bits per heavy atom. The lowest BCUT2D eigenvalue weighted by molar-refractivity contribution is 0.0534. The first-order valence-electron chi connectivity index (χ1n) is 54.4. The fourth-order valence-corrected chi connectivity index (χ4v) is 27.9. The Labute approximate surface area is 808 Å². The number of allylic oxidation sites excluding steroid dienone is 10. The van der Waals surface area contributed by atoms with E-state index in [9.17, 15) is 0 Å². The second-order valence-electron chi connectivity index (χ2n) is 43.3. The quantitative estimate of drug-likeness (QED) is 0.111. The van der Waals surface area contributed by atoms with Gasteiger partial charge in [0.15, 0.2) is 0 Å². The molecule has 6 aliphatic carbocycles. The molecule has 10 nitrogen and oxygen atoms in total. The number of rotatable bonds is 13. The lowest BCUT2D eigenvalue weighted by Crippen LogP contribution is -2.56. The second kappa shape index (κ2) is 38.6. The number of hydrogen-bond donors (Lipinski definition) is 0. The highest BCUT2D eigenvalue weighted by Gasteiger charge is 2.58. The zero-order valence-corrected chi connectivity index (χ0v) is 83.4. The van der Waals surface area contributed by atoms with Crippen LogP contribution in [0.2, 0.25) is 0 Å². The van der Waals surface area contributed by atoms with Gasteiger partial charge in [0.05, 0.1) is 46.5 Å². The van der Waals surface area contributed by atoms with Gasteiger partial charge in [0, 0.05) is 67.1 Å². The lowest BCUT2D eigenvalue weighted by atomic mass is 9.74. The molecule has 0 spiro atoms. The van der Waals surface area contributed by atoms with E-state index in [0.717, 1.165) is 63.4 Å². The van der Waals surface area contributed by atoms with Crippen molar-refractivity contribution in [2.24, 2.45) is 35.5 Å². The molecule has 10 heteroatoms. The Morgan fingerprint density at radius 3 is 0.925 bits per heavy atom. The zero-order chi connectivity index (χ0) is 95.6. The molecule has 133 heavy (non-hydrogen) atoms. The minimum Gasteiger partial charge on any atom is -0.343 e. The van der Waals surface area contributed by atoms with E-state index in [1.165, 1.54) is 277 Å². The third-order valence-corrected chi connectivity index (χ3v) is 35.0. The van der Waals surface area contributed by atoms with Crippen molar-refractivity contribution < 1.29 is 5.48 Å². The van der Waals surface area contributed by atoms with Crippen LogP contribution in [0.25, 0.3) is 0 Å². The molecule has 7 aromatic carbocycles. The van der Waals surface area contributed by atoms with E-state index in [4.69, 9.17) is 5.48 Å². The van der Waals surface area contributed by atoms with E-state index in [-0.39, 0.29) is 22.8 Å². The van der Waals surface area contributed by atoms with E-state index < -0.39 is 24.6 Å². The SMILES string of the molecule is CC1=C2C=CC(C)(C)N2C(C2CCCCC2)N1c1ccccc1C.CC1=C2C=CC(C)(C3CCCC3)N2C(C2CCCCC2)N1c1ccccc1C.CC1=C2C=CC(C)(C3CCCCC3)N2C(C2CCCCC2)N1c1ccccc1C.[2H]C([2H])([2H])C1N(c2ccccc2C)C(C)=C2C=CC(c3ccccc3)(c3ccccc3)N21.[2H]C1(C)C=CC2=C(C)N(c3ccccc3C)C(C3CCCCC3)N21. The summed E-state index contributed by atoms with van der Waals surface area (Å²) in [5.74, 6) is 4.51. The summed E-state index contributed by atoms with van der Waals surface area (Å²) in [6.45, 7) is 31.9. The summed E-state index contributed by atoms with van der Waals surface area (Å²) in [5.41, 5.74) is 28.0. The standard InChI is InChI=1S/C27H38N2.C27H26N2.C26H36N2.C22H30N2.C21H28N2/c1-20-12-10-11-17-24(20)28-21(2)25-18-19-27(3,23-15-8-5-9-16-23)29(25)26(28)22-13-6-4-7-14-22;1-20-12-10-11-17-25(20)28-21(2)26-18-19-27(29(26)22(28)3,23-13-6-4-7-14-23)24-15-8-5-9-16-24;1-19-11-7-10-16-23(19)27-20(2)24-17-18-26(3,22-14-8-9-15-22)28(24)25(27)21-12-5-4-6-13-21;1-16-10-8-9-13-19(16)23-17(2)20-14-15-22(3,4)24(20)21(23)18-11-6-5-7-12-18;1-15-9-7-8-12-19(15)23-17(3)20-14-13-16(2)22(20)21(23)18-10-5-4-6-11-18/h10-12,17-19,22-23,26H,4-9,13-16H2,1-3H3;4-19,22H,1-3H3;7,10-11,16-18,21-22,25H,4-6,8-9,12-15H2,1-3H3;8-10,13-15,18,21H,5-7,11-12H2,1-4H3;7-9,12-14,16,18,21H,4-6,10-11H2,1-3H3/i;3D3;;;16D. The molecule has 10 aliphatic heterocycles. The van der Waals surface area contributed by atoms with Crippen molar-refractivity contribution in [3.8, 4) is 0 Å². The van der Waals surface area contributed by atoms with E-state index in [2.05, 4.69) is 309 Å². The van der Waals surface area contributed by atoms with E-state index in [1.54, 1.807) is 0 Å². The molecule has 16 aliphatic rings. The summed E-state index contributed by atoms with van der Waals surface area (Å²) < 4.78 is 34.7. The highest BCUT2D eigenvalue weighted by Crippen LogP contribution is 2.59. The van der Waals surface area contributed by atoms with E-state index in [0.29, 0.717) is 24.4 Å². The molecule has 0 saturated heterocycles. The molecule has 7 aromatic rings. The number of nitrogens with zero attached hydrogens (tertiary/aromatic N) is 10. The third-order valence-electron chi connectivity index (χ3n) is 35.0. The molecule has 0 aromatic heterocycles. The molecule has 8 atom stereocenters. The highest BCUT2D eigenvalue weighted by atomic mass is 15.5. The monoisotopic (exact) mass is 1780 g/mol. The predicted octanol–water partition coefficient (Wildman–Crippen LogP) is 31.0. The summed E-state index contributed by atoms with van der Waals surface area (Å²) >= 11 is 0. The Balaban J connectivity index is 0.000000110. The first-order chi connectivity index (χ1) is 66.1. The van der Waals surface area contributed by atoms with Crippen molar-refractivity contribution in [2.75, 3.05) is 24.5 Å². The van der Waals surface area contributed by atoms with Crippen molar-refractivity contribution in [1.82, 2.24) is 24.5 Å².